The summed E-state index contributed by atoms with van der Waals surface area (Å²) in [5.74, 6) is 0.302. The number of aromatic nitrogens is 1. The van der Waals surface area contributed by atoms with Gasteiger partial charge in [-0.1, -0.05) is 18.2 Å². The Hall–Kier alpha value is -2.62. The lowest BCUT2D eigenvalue weighted by molar-refractivity contribution is -0.0218. The maximum atomic E-state index is 10.9. The van der Waals surface area contributed by atoms with Gasteiger partial charge in [0, 0.05) is 18.2 Å². The van der Waals surface area contributed by atoms with Crippen LogP contribution in [0, 0.1) is 11.3 Å². The maximum Gasteiger partial charge on any atom is 0.287 e. The largest absolute Gasteiger partial charge is 0.397 e. The predicted molar refractivity (Wildman–Crippen MR) is 78.0 cm³/mol. The smallest absolute Gasteiger partial charge is 0.287 e. The number of nitrogen functional groups attached to an aromatic ring is 2. The fourth-order valence-electron chi connectivity index (χ4n) is 2.08. The molecule has 0 spiro atoms. The lowest BCUT2D eigenvalue weighted by Crippen LogP contribution is -2.41. The summed E-state index contributed by atoms with van der Waals surface area (Å²) < 4.78 is -0.626. The number of benzene rings is 1. The summed E-state index contributed by atoms with van der Waals surface area (Å²) >= 11 is 0. The topological polar surface area (TPSA) is 109 Å². The van der Waals surface area contributed by atoms with Gasteiger partial charge in [-0.2, -0.15) is 10.2 Å². The second-order valence-electron chi connectivity index (χ2n) is 4.37. The molecule has 1 atom stereocenters. The highest BCUT2D eigenvalue weighted by atomic mass is 16.5. The van der Waals surface area contributed by atoms with Crippen molar-refractivity contribution in [3.05, 3.63) is 42.0 Å². The van der Waals surface area contributed by atoms with E-state index in [0.29, 0.717) is 5.69 Å². The quantitative estimate of drug-likeness (QED) is 0.585. The summed E-state index contributed by atoms with van der Waals surface area (Å²) in [6, 6.07) is 12.3. The van der Waals surface area contributed by atoms with Crippen molar-refractivity contribution in [2.75, 3.05) is 18.0 Å². The number of nitrogens with two attached hydrogens (primary N) is 2. The van der Waals surface area contributed by atoms with Crippen LogP contribution in [-0.4, -0.2) is 16.7 Å². The number of quaternary nitrogens is 1. The fourth-order valence-corrected chi connectivity index (χ4v) is 2.08. The number of hydrogen-bond donors (Lipinski definition) is 3. The summed E-state index contributed by atoms with van der Waals surface area (Å²) in [7, 11) is 0. The minimum absolute atomic E-state index is 0.132. The van der Waals surface area contributed by atoms with Gasteiger partial charge in [0.2, 0.25) is 0 Å². The molecule has 0 radical (unpaired) electrons. The molecule has 0 aliphatic carbocycles. The standard InChI is InChI=1S/C14H16N5O/c1-2-19(20,10-6-4-3-5-7-10)14-11(9-15)12(16)8-13(17)18-14/h3-8,20H,2H2,1H3,(H4,16,17,18)/q+1. The van der Waals surface area contributed by atoms with Gasteiger partial charge in [0.05, 0.1) is 5.69 Å². The first-order chi connectivity index (χ1) is 9.52. The molecule has 2 aromatic rings. The summed E-state index contributed by atoms with van der Waals surface area (Å²) in [6.45, 7) is 2.07. The molecule has 0 aliphatic rings. The molecule has 0 bridgehead atoms. The molecular formula is C14H16N5O+. The predicted octanol–water partition coefficient (Wildman–Crippen LogP) is 2.17. The molecule has 2 rings (SSSR count). The molecule has 6 heteroatoms. The molecular weight excluding hydrogens is 254 g/mol. The summed E-state index contributed by atoms with van der Waals surface area (Å²) in [6.07, 6.45) is 0. The van der Waals surface area contributed by atoms with Crippen LogP contribution < -0.4 is 16.1 Å². The van der Waals surface area contributed by atoms with Gasteiger partial charge in [-0.15, -0.1) is 4.65 Å². The van der Waals surface area contributed by atoms with Crippen LogP contribution in [0.2, 0.25) is 0 Å². The van der Waals surface area contributed by atoms with Gasteiger partial charge in [0.25, 0.3) is 5.82 Å². The van der Waals surface area contributed by atoms with Gasteiger partial charge in [0.1, 0.15) is 18.4 Å². The van der Waals surface area contributed by atoms with Gasteiger partial charge in [-0.25, -0.2) is 5.21 Å². The Labute approximate surface area is 117 Å². The Bertz CT molecular complexity index is 665. The van der Waals surface area contributed by atoms with E-state index in [9.17, 15) is 10.5 Å². The molecule has 0 amide bonds. The molecule has 20 heavy (non-hydrogen) atoms. The van der Waals surface area contributed by atoms with E-state index in [2.05, 4.69) is 4.98 Å². The molecule has 102 valence electrons. The highest BCUT2D eigenvalue weighted by molar-refractivity contribution is 5.71. The van der Waals surface area contributed by atoms with Crippen molar-refractivity contribution in [1.29, 1.82) is 5.26 Å². The fraction of sp³-hybridized carbons (Fsp3) is 0.143. The van der Waals surface area contributed by atoms with Gasteiger partial charge < -0.3 is 11.5 Å². The number of nitriles is 1. The van der Waals surface area contributed by atoms with Crippen LogP contribution in [0.25, 0.3) is 0 Å². The third kappa shape index (κ3) is 2.16. The van der Waals surface area contributed by atoms with Crippen LogP contribution in [-0.2, 0) is 0 Å². The Morgan fingerprint density at radius 1 is 1.30 bits per heavy atom. The average molecular weight is 270 g/mol. The van der Waals surface area contributed by atoms with Crippen molar-refractivity contribution < 1.29 is 5.21 Å². The molecule has 5 N–H and O–H groups in total. The monoisotopic (exact) mass is 270 g/mol. The van der Waals surface area contributed by atoms with Crippen LogP contribution in [0.1, 0.15) is 12.5 Å². The molecule has 1 aromatic carbocycles. The Kier molecular flexibility index (Phi) is 3.57. The zero-order valence-electron chi connectivity index (χ0n) is 11.1. The van der Waals surface area contributed by atoms with E-state index in [1.807, 2.05) is 12.1 Å². The molecule has 0 fully saturated rings. The van der Waals surface area contributed by atoms with E-state index in [1.165, 1.54) is 6.07 Å². The number of pyridine rings is 1. The number of rotatable bonds is 3. The molecule has 1 heterocycles. The Morgan fingerprint density at radius 3 is 2.50 bits per heavy atom. The van der Waals surface area contributed by atoms with Gasteiger partial charge in [-0.3, -0.25) is 0 Å². The number of anilines is 2. The van der Waals surface area contributed by atoms with Crippen molar-refractivity contribution in [2.45, 2.75) is 6.92 Å². The molecule has 0 aliphatic heterocycles. The molecule has 6 nitrogen and oxygen atoms in total. The first kappa shape index (κ1) is 13.8. The van der Waals surface area contributed by atoms with E-state index in [0.717, 1.165) is 0 Å². The maximum absolute atomic E-state index is 10.9. The Balaban J connectivity index is 2.73. The summed E-state index contributed by atoms with van der Waals surface area (Å²) in [5, 5.41) is 20.2. The average Bonchev–Trinajstić information content (AvgIpc) is 2.46. The van der Waals surface area contributed by atoms with E-state index in [-0.39, 0.29) is 29.4 Å². The van der Waals surface area contributed by atoms with Gasteiger partial charge in [-0.05, 0) is 6.92 Å². The number of nitrogens with zero attached hydrogens (tertiary/aromatic N) is 3. The summed E-state index contributed by atoms with van der Waals surface area (Å²) in [5.41, 5.74) is 12.4. The SMILES string of the molecule is CC[N+](O)(c1ccccc1)c1nc(N)cc(N)c1C#N. The molecule has 1 aromatic heterocycles. The highest BCUT2D eigenvalue weighted by Gasteiger charge is 2.36. The van der Waals surface area contributed by atoms with Crippen molar-refractivity contribution in [2.24, 2.45) is 0 Å². The second-order valence-corrected chi connectivity index (χ2v) is 4.37. The van der Waals surface area contributed by atoms with E-state index in [4.69, 9.17) is 11.5 Å². The van der Waals surface area contributed by atoms with Crippen molar-refractivity contribution in [1.82, 2.24) is 9.63 Å². The normalized spacial score (nSPS) is 13.4. The van der Waals surface area contributed by atoms with Crippen LogP contribution in [0.5, 0.6) is 0 Å². The first-order valence-electron chi connectivity index (χ1n) is 6.16. The van der Waals surface area contributed by atoms with Gasteiger partial charge in [0.15, 0.2) is 11.3 Å². The third-order valence-electron chi connectivity index (χ3n) is 3.15. The molecule has 1 unspecified atom stereocenters. The van der Waals surface area contributed by atoms with Crippen LogP contribution in [0.15, 0.2) is 36.4 Å². The van der Waals surface area contributed by atoms with E-state index in [1.54, 1.807) is 31.2 Å². The number of para-hydroxylation sites is 1. The number of hydrogen-bond acceptors (Lipinski definition) is 5. The zero-order valence-corrected chi connectivity index (χ0v) is 11.1. The van der Waals surface area contributed by atoms with Crippen molar-refractivity contribution in [3.8, 4) is 6.07 Å². The lowest BCUT2D eigenvalue weighted by Gasteiger charge is -2.27. The zero-order chi connectivity index (χ0) is 14.8. The van der Waals surface area contributed by atoms with Crippen molar-refractivity contribution >= 4 is 23.0 Å². The van der Waals surface area contributed by atoms with E-state index >= 15 is 0 Å². The lowest BCUT2D eigenvalue weighted by atomic mass is 10.2. The second kappa shape index (κ2) is 5.17. The third-order valence-corrected chi connectivity index (χ3v) is 3.15. The minimum atomic E-state index is -0.626. The summed E-state index contributed by atoms with van der Waals surface area (Å²) in [4.78, 5) is 4.12. The Morgan fingerprint density at radius 2 is 1.95 bits per heavy atom. The molecule has 0 saturated carbocycles. The van der Waals surface area contributed by atoms with Crippen molar-refractivity contribution in [3.63, 3.8) is 0 Å². The van der Waals surface area contributed by atoms with Crippen LogP contribution in [0.3, 0.4) is 0 Å². The van der Waals surface area contributed by atoms with Gasteiger partial charge >= 0.3 is 0 Å². The molecule has 0 saturated heterocycles. The highest BCUT2D eigenvalue weighted by Crippen LogP contribution is 2.35. The van der Waals surface area contributed by atoms with E-state index < -0.39 is 4.65 Å². The number of hydroxylamine groups is 1. The van der Waals surface area contributed by atoms with Crippen LogP contribution >= 0.6 is 0 Å². The van der Waals surface area contributed by atoms with Crippen LogP contribution in [0.4, 0.5) is 23.0 Å². The first-order valence-corrected chi connectivity index (χ1v) is 6.16. The minimum Gasteiger partial charge on any atom is -0.397 e.